The highest BCUT2D eigenvalue weighted by atomic mass is 35.5. The second-order valence-corrected chi connectivity index (χ2v) is 10.3. The molecule has 0 radical (unpaired) electrons. The third-order valence-corrected chi connectivity index (χ3v) is 8.06. The van der Waals surface area contributed by atoms with Crippen molar-refractivity contribution in [2.24, 2.45) is 5.92 Å². The van der Waals surface area contributed by atoms with Gasteiger partial charge in [-0.05, 0) is 86.2 Å². The molecule has 2 nitrogen and oxygen atoms in total. The summed E-state index contributed by atoms with van der Waals surface area (Å²) >= 11 is 6.08. The summed E-state index contributed by atoms with van der Waals surface area (Å²) in [7, 11) is 0. The number of hydrogen-bond donors (Lipinski definition) is 0. The van der Waals surface area contributed by atoms with Crippen LogP contribution in [0.15, 0.2) is 48.5 Å². The first-order valence-electron chi connectivity index (χ1n) is 12.0. The van der Waals surface area contributed by atoms with Crippen LogP contribution in [0.1, 0.15) is 55.7 Å². The van der Waals surface area contributed by atoms with E-state index in [0.29, 0.717) is 6.04 Å². The molecular formula is C27H35ClN2. The quantitative estimate of drug-likeness (QED) is 0.542. The van der Waals surface area contributed by atoms with E-state index in [2.05, 4.69) is 53.1 Å². The number of benzene rings is 2. The fourth-order valence-electron chi connectivity index (χ4n) is 6.43. The van der Waals surface area contributed by atoms with E-state index in [9.17, 15) is 0 Å². The summed E-state index contributed by atoms with van der Waals surface area (Å²) in [6.45, 7) is 5.98. The van der Waals surface area contributed by atoms with Gasteiger partial charge in [0.25, 0.3) is 0 Å². The Morgan fingerprint density at radius 3 is 2.17 bits per heavy atom. The Hall–Kier alpha value is -1.35. The van der Waals surface area contributed by atoms with E-state index in [0.717, 1.165) is 29.6 Å². The summed E-state index contributed by atoms with van der Waals surface area (Å²) in [5.74, 6) is 0.860. The highest BCUT2D eigenvalue weighted by Crippen LogP contribution is 2.40. The second-order valence-electron chi connectivity index (χ2n) is 9.85. The first-order chi connectivity index (χ1) is 14.7. The van der Waals surface area contributed by atoms with Crippen LogP contribution in [-0.4, -0.2) is 41.0 Å². The van der Waals surface area contributed by atoms with Crippen LogP contribution in [0.2, 0.25) is 5.02 Å². The lowest BCUT2D eigenvalue weighted by molar-refractivity contribution is 0.0670. The molecule has 160 valence electrons. The molecule has 5 rings (SSSR count). The summed E-state index contributed by atoms with van der Waals surface area (Å²) in [5.41, 5.74) is 4.58. The normalized spacial score (nSPS) is 26.4. The summed E-state index contributed by atoms with van der Waals surface area (Å²) in [6, 6.07) is 19.8. The Balaban J connectivity index is 1.21. The van der Waals surface area contributed by atoms with Crippen molar-refractivity contribution in [3.63, 3.8) is 0 Å². The van der Waals surface area contributed by atoms with Gasteiger partial charge >= 0.3 is 0 Å². The van der Waals surface area contributed by atoms with Gasteiger partial charge in [0.05, 0.1) is 0 Å². The zero-order valence-electron chi connectivity index (χ0n) is 18.3. The van der Waals surface area contributed by atoms with E-state index in [1.807, 2.05) is 12.1 Å². The van der Waals surface area contributed by atoms with Gasteiger partial charge in [0.15, 0.2) is 0 Å². The van der Waals surface area contributed by atoms with Gasteiger partial charge in [-0.2, -0.15) is 0 Å². The number of halogens is 1. The first kappa shape index (κ1) is 20.5. The number of piperidine rings is 1. The van der Waals surface area contributed by atoms with Gasteiger partial charge in [-0.1, -0.05) is 54.9 Å². The van der Waals surface area contributed by atoms with Gasteiger partial charge in [-0.15, -0.1) is 0 Å². The van der Waals surface area contributed by atoms with Crippen molar-refractivity contribution in [2.45, 2.75) is 76.5 Å². The third-order valence-electron chi connectivity index (χ3n) is 7.81. The van der Waals surface area contributed by atoms with Gasteiger partial charge in [0, 0.05) is 36.2 Å². The topological polar surface area (TPSA) is 6.48 Å². The highest BCUT2D eigenvalue weighted by Gasteiger charge is 2.41. The Labute approximate surface area is 187 Å². The molecule has 0 aromatic heterocycles. The zero-order valence-corrected chi connectivity index (χ0v) is 19.0. The maximum atomic E-state index is 6.08. The van der Waals surface area contributed by atoms with Crippen LogP contribution < -0.4 is 0 Å². The molecule has 0 saturated carbocycles. The zero-order chi connectivity index (χ0) is 20.5. The molecule has 2 atom stereocenters. The Bertz CT molecular complexity index is 809. The minimum Gasteiger partial charge on any atom is -0.299 e. The van der Waals surface area contributed by atoms with Crippen molar-refractivity contribution in [1.82, 2.24) is 9.80 Å². The molecule has 2 saturated heterocycles. The summed E-state index contributed by atoms with van der Waals surface area (Å²) in [6.07, 6.45) is 9.29. The van der Waals surface area contributed by atoms with Gasteiger partial charge < -0.3 is 0 Å². The van der Waals surface area contributed by atoms with E-state index in [-0.39, 0.29) is 0 Å². The first-order valence-corrected chi connectivity index (χ1v) is 12.4. The predicted molar refractivity (Wildman–Crippen MR) is 126 cm³/mol. The van der Waals surface area contributed by atoms with Crippen molar-refractivity contribution in [1.29, 1.82) is 0 Å². The summed E-state index contributed by atoms with van der Waals surface area (Å²) in [5, 5.41) is 0.838. The molecule has 2 fully saturated rings. The maximum absolute atomic E-state index is 6.08. The molecule has 3 aliphatic rings. The molecule has 1 aliphatic carbocycles. The van der Waals surface area contributed by atoms with Crippen molar-refractivity contribution in [3.8, 4) is 0 Å². The Kier molecular flexibility index (Phi) is 6.18. The third kappa shape index (κ3) is 4.33. The molecular weight excluding hydrogens is 388 g/mol. The van der Waals surface area contributed by atoms with E-state index < -0.39 is 0 Å². The number of rotatable bonds is 7. The van der Waals surface area contributed by atoms with Crippen LogP contribution in [0.25, 0.3) is 0 Å². The van der Waals surface area contributed by atoms with Gasteiger partial charge in [0.1, 0.15) is 0 Å². The van der Waals surface area contributed by atoms with Gasteiger partial charge in [0.2, 0.25) is 0 Å². The number of nitrogens with zero attached hydrogens (tertiary/aromatic N) is 2. The Morgan fingerprint density at radius 2 is 1.57 bits per heavy atom. The summed E-state index contributed by atoms with van der Waals surface area (Å²) < 4.78 is 0. The van der Waals surface area contributed by atoms with Crippen molar-refractivity contribution in [3.05, 3.63) is 70.2 Å². The van der Waals surface area contributed by atoms with Crippen LogP contribution in [0.5, 0.6) is 0 Å². The second kappa shape index (κ2) is 9.02. The smallest absolute Gasteiger partial charge is 0.0406 e. The molecule has 0 amide bonds. The predicted octanol–water partition coefficient (Wildman–Crippen LogP) is 5.96. The van der Waals surface area contributed by atoms with Gasteiger partial charge in [-0.25, -0.2) is 0 Å². The molecule has 0 N–H and O–H groups in total. The lowest BCUT2D eigenvalue weighted by Crippen LogP contribution is -2.47. The van der Waals surface area contributed by atoms with Crippen molar-refractivity contribution < 1.29 is 0 Å². The molecule has 2 aromatic carbocycles. The summed E-state index contributed by atoms with van der Waals surface area (Å²) in [4.78, 5) is 5.65. The fourth-order valence-corrected chi connectivity index (χ4v) is 6.56. The molecule has 30 heavy (non-hydrogen) atoms. The molecule has 0 spiro atoms. The van der Waals surface area contributed by atoms with E-state index in [1.165, 1.54) is 63.6 Å². The monoisotopic (exact) mass is 422 g/mol. The molecule has 3 heteroatoms. The van der Waals surface area contributed by atoms with Crippen LogP contribution >= 0.6 is 11.6 Å². The minimum atomic E-state index is 0.715. The van der Waals surface area contributed by atoms with Crippen molar-refractivity contribution in [2.75, 3.05) is 13.1 Å². The maximum Gasteiger partial charge on any atom is 0.0406 e. The van der Waals surface area contributed by atoms with E-state index in [4.69, 9.17) is 11.6 Å². The fraction of sp³-hybridized carbons (Fsp3) is 0.556. The minimum absolute atomic E-state index is 0.715. The molecule has 2 unspecified atom stereocenters. The van der Waals surface area contributed by atoms with Crippen LogP contribution in [0, 0.1) is 5.92 Å². The van der Waals surface area contributed by atoms with Gasteiger partial charge in [-0.3, -0.25) is 9.80 Å². The number of fused-ring (bicyclic) bond motifs is 3. The van der Waals surface area contributed by atoms with Crippen molar-refractivity contribution >= 4 is 11.6 Å². The molecule has 2 bridgehead atoms. The standard InChI is InChI=1S/C27H35ClN2/c1-2-13-29(27-16-22-5-3-4-6-23(22)17-27)18-21-14-25-11-12-26(15-21)30(25)19-20-7-9-24(28)10-8-20/h3-10,21,25-27H,2,11-19H2,1H3. The number of hydrogen-bond acceptors (Lipinski definition) is 2. The molecule has 2 aliphatic heterocycles. The lowest BCUT2D eigenvalue weighted by Gasteiger charge is -2.41. The van der Waals surface area contributed by atoms with Crippen LogP contribution in [-0.2, 0) is 19.4 Å². The average Bonchev–Trinajstić information content (AvgIpc) is 3.27. The molecule has 2 aromatic rings. The Morgan fingerprint density at radius 1 is 0.933 bits per heavy atom. The average molecular weight is 423 g/mol. The molecule has 2 heterocycles. The highest BCUT2D eigenvalue weighted by molar-refractivity contribution is 6.30. The van der Waals surface area contributed by atoms with Crippen LogP contribution in [0.4, 0.5) is 0 Å². The SMILES string of the molecule is CCCN(CC1CC2CCC(C1)N2Cc1ccc(Cl)cc1)C1Cc2ccccc2C1. The lowest BCUT2D eigenvalue weighted by atomic mass is 9.89. The van der Waals surface area contributed by atoms with E-state index >= 15 is 0 Å². The van der Waals surface area contributed by atoms with E-state index in [1.54, 1.807) is 11.1 Å². The van der Waals surface area contributed by atoms with Crippen LogP contribution in [0.3, 0.4) is 0 Å². The largest absolute Gasteiger partial charge is 0.299 e.